The molecule has 1 aromatic rings. The van der Waals surface area contributed by atoms with E-state index in [4.69, 9.17) is 0 Å². The molecule has 0 amide bonds. The molecule has 0 radical (unpaired) electrons. The molecule has 16 heavy (non-hydrogen) atoms. The number of aryl methyl sites for hydroxylation is 1. The number of anilines is 1. The molecular formula is C15H25N. The minimum atomic E-state index is 0.114. The Labute approximate surface area is 100 Å². The molecule has 0 spiro atoms. The monoisotopic (exact) mass is 219 g/mol. The quantitative estimate of drug-likeness (QED) is 0.733. The largest absolute Gasteiger partial charge is 0.380 e. The Morgan fingerprint density at radius 2 is 1.44 bits per heavy atom. The van der Waals surface area contributed by atoms with E-state index in [0.717, 1.165) is 0 Å². The van der Waals surface area contributed by atoms with Crippen LogP contribution in [0.4, 0.5) is 5.69 Å². The van der Waals surface area contributed by atoms with Crippen LogP contribution in [0.2, 0.25) is 0 Å². The second kappa shape index (κ2) is 4.12. The lowest BCUT2D eigenvalue weighted by atomic mass is 9.86. The first-order valence-electron chi connectivity index (χ1n) is 5.98. The molecule has 1 aromatic carbocycles. The first-order valence-corrected chi connectivity index (χ1v) is 5.98. The molecule has 0 aliphatic carbocycles. The van der Waals surface area contributed by atoms with Crippen molar-refractivity contribution in [2.24, 2.45) is 0 Å². The number of benzene rings is 1. The Balaban J connectivity index is 3.09. The minimum absolute atomic E-state index is 0.114. The molecule has 0 aliphatic rings. The van der Waals surface area contributed by atoms with Gasteiger partial charge in [0.05, 0.1) is 0 Å². The molecule has 0 bridgehead atoms. The predicted molar refractivity (Wildman–Crippen MR) is 73.3 cm³/mol. The van der Waals surface area contributed by atoms with Gasteiger partial charge in [0.25, 0.3) is 0 Å². The smallest absolute Gasteiger partial charge is 0.0349 e. The van der Waals surface area contributed by atoms with Gasteiger partial charge in [0.1, 0.15) is 0 Å². The molecule has 0 saturated heterocycles. The van der Waals surface area contributed by atoms with E-state index in [1.165, 1.54) is 16.8 Å². The van der Waals surface area contributed by atoms with Crippen molar-refractivity contribution in [3.63, 3.8) is 0 Å². The minimum Gasteiger partial charge on any atom is -0.380 e. The van der Waals surface area contributed by atoms with Gasteiger partial charge in [-0.1, -0.05) is 26.8 Å². The summed E-state index contributed by atoms with van der Waals surface area (Å²) in [5, 5.41) is 3.53. The summed E-state index contributed by atoms with van der Waals surface area (Å²) in [6.45, 7) is 15.5. The maximum absolute atomic E-state index is 3.53. The average molecular weight is 219 g/mol. The van der Waals surface area contributed by atoms with Crippen molar-refractivity contribution in [1.82, 2.24) is 0 Å². The zero-order valence-corrected chi connectivity index (χ0v) is 11.7. The Morgan fingerprint density at radius 3 is 1.88 bits per heavy atom. The molecule has 1 rings (SSSR count). The zero-order chi connectivity index (χ0) is 12.6. The first-order chi connectivity index (χ1) is 7.08. The number of rotatable bonds is 1. The van der Waals surface area contributed by atoms with E-state index in [-0.39, 0.29) is 11.0 Å². The van der Waals surface area contributed by atoms with Gasteiger partial charge in [-0.15, -0.1) is 0 Å². The van der Waals surface area contributed by atoms with E-state index >= 15 is 0 Å². The highest BCUT2D eigenvalue weighted by Gasteiger charge is 2.16. The van der Waals surface area contributed by atoms with Crippen LogP contribution in [0.1, 0.15) is 52.7 Å². The van der Waals surface area contributed by atoms with Crippen molar-refractivity contribution in [2.45, 2.75) is 59.4 Å². The fourth-order valence-electron chi connectivity index (χ4n) is 1.72. The fourth-order valence-corrected chi connectivity index (χ4v) is 1.72. The Kier molecular flexibility index (Phi) is 3.37. The Hall–Kier alpha value is -0.980. The number of nitrogens with one attached hydrogen (secondary N) is 1. The summed E-state index contributed by atoms with van der Waals surface area (Å²) in [6, 6.07) is 6.74. The van der Waals surface area contributed by atoms with Crippen LogP contribution < -0.4 is 5.32 Å². The van der Waals surface area contributed by atoms with Gasteiger partial charge in [0, 0.05) is 11.2 Å². The summed E-state index contributed by atoms with van der Waals surface area (Å²) in [5.74, 6) is 0. The van der Waals surface area contributed by atoms with Gasteiger partial charge in [-0.2, -0.15) is 0 Å². The molecule has 90 valence electrons. The van der Waals surface area contributed by atoms with Crippen LogP contribution in [-0.4, -0.2) is 5.54 Å². The number of hydrogen-bond donors (Lipinski definition) is 1. The number of hydrogen-bond acceptors (Lipinski definition) is 1. The van der Waals surface area contributed by atoms with Gasteiger partial charge in [-0.25, -0.2) is 0 Å². The van der Waals surface area contributed by atoms with E-state index < -0.39 is 0 Å². The highest BCUT2D eigenvalue weighted by Crippen LogP contribution is 2.27. The van der Waals surface area contributed by atoms with Gasteiger partial charge in [-0.3, -0.25) is 0 Å². The van der Waals surface area contributed by atoms with E-state index in [2.05, 4.69) is 72.0 Å². The van der Waals surface area contributed by atoms with Gasteiger partial charge < -0.3 is 5.32 Å². The Bertz CT molecular complexity index is 364. The van der Waals surface area contributed by atoms with Crippen LogP contribution in [0.25, 0.3) is 0 Å². The van der Waals surface area contributed by atoms with Gasteiger partial charge in [0.15, 0.2) is 0 Å². The van der Waals surface area contributed by atoms with Crippen molar-refractivity contribution < 1.29 is 0 Å². The van der Waals surface area contributed by atoms with Crippen LogP contribution in [0.5, 0.6) is 0 Å². The molecule has 0 aromatic heterocycles. The second-order valence-corrected chi connectivity index (χ2v) is 6.71. The third-order valence-electron chi connectivity index (χ3n) is 2.46. The standard InChI is InChI=1S/C15H25N/c1-11-8-12(14(2,3)4)10-13(9-11)16-15(5,6)7/h8-10,16H,1-7H3. The molecule has 1 nitrogen and oxygen atoms in total. The molecular weight excluding hydrogens is 194 g/mol. The molecule has 0 fully saturated rings. The third-order valence-corrected chi connectivity index (χ3v) is 2.46. The summed E-state index contributed by atoms with van der Waals surface area (Å²) >= 11 is 0. The van der Waals surface area contributed by atoms with Crippen molar-refractivity contribution >= 4 is 5.69 Å². The lowest BCUT2D eigenvalue weighted by Crippen LogP contribution is -2.26. The highest BCUT2D eigenvalue weighted by atomic mass is 14.9. The fraction of sp³-hybridized carbons (Fsp3) is 0.600. The van der Waals surface area contributed by atoms with E-state index in [0.29, 0.717) is 0 Å². The molecule has 0 heterocycles. The normalized spacial score (nSPS) is 12.7. The van der Waals surface area contributed by atoms with Crippen LogP contribution in [-0.2, 0) is 5.41 Å². The second-order valence-electron chi connectivity index (χ2n) is 6.71. The van der Waals surface area contributed by atoms with Crippen LogP contribution in [0.3, 0.4) is 0 Å². The molecule has 1 N–H and O–H groups in total. The zero-order valence-electron chi connectivity index (χ0n) is 11.7. The maximum Gasteiger partial charge on any atom is 0.0349 e. The van der Waals surface area contributed by atoms with Gasteiger partial charge in [0.2, 0.25) is 0 Å². The molecule has 0 unspecified atom stereocenters. The third kappa shape index (κ3) is 3.88. The summed E-state index contributed by atoms with van der Waals surface area (Å²) in [5.41, 5.74) is 4.25. The maximum atomic E-state index is 3.53. The molecule has 0 aliphatic heterocycles. The molecule has 0 atom stereocenters. The molecule has 0 saturated carbocycles. The highest BCUT2D eigenvalue weighted by molar-refractivity contribution is 5.51. The lowest BCUT2D eigenvalue weighted by Gasteiger charge is -2.25. The summed E-state index contributed by atoms with van der Waals surface area (Å²) in [4.78, 5) is 0. The topological polar surface area (TPSA) is 12.0 Å². The van der Waals surface area contributed by atoms with Crippen molar-refractivity contribution in [3.05, 3.63) is 29.3 Å². The Morgan fingerprint density at radius 1 is 0.875 bits per heavy atom. The summed E-state index contributed by atoms with van der Waals surface area (Å²) in [6.07, 6.45) is 0. The summed E-state index contributed by atoms with van der Waals surface area (Å²) < 4.78 is 0. The van der Waals surface area contributed by atoms with Crippen molar-refractivity contribution in [1.29, 1.82) is 0 Å². The van der Waals surface area contributed by atoms with Gasteiger partial charge in [-0.05, 0) is 56.4 Å². The molecule has 1 heteroatoms. The van der Waals surface area contributed by atoms with Crippen molar-refractivity contribution in [3.8, 4) is 0 Å². The average Bonchev–Trinajstić information content (AvgIpc) is 1.97. The van der Waals surface area contributed by atoms with E-state index in [9.17, 15) is 0 Å². The lowest BCUT2D eigenvalue weighted by molar-refractivity contribution is 0.588. The summed E-state index contributed by atoms with van der Waals surface area (Å²) in [7, 11) is 0. The van der Waals surface area contributed by atoms with Gasteiger partial charge >= 0.3 is 0 Å². The van der Waals surface area contributed by atoms with E-state index in [1.807, 2.05) is 0 Å². The predicted octanol–water partition coefficient (Wildman–Crippen LogP) is 4.50. The van der Waals surface area contributed by atoms with Crippen molar-refractivity contribution in [2.75, 3.05) is 5.32 Å². The van der Waals surface area contributed by atoms with Crippen LogP contribution in [0, 0.1) is 6.92 Å². The first kappa shape index (κ1) is 13.1. The van der Waals surface area contributed by atoms with Crippen LogP contribution in [0.15, 0.2) is 18.2 Å². The van der Waals surface area contributed by atoms with Crippen LogP contribution >= 0.6 is 0 Å². The van der Waals surface area contributed by atoms with E-state index in [1.54, 1.807) is 0 Å². The SMILES string of the molecule is Cc1cc(NC(C)(C)C)cc(C(C)(C)C)c1.